The number of anilines is 1. The third kappa shape index (κ3) is 3.29. The minimum Gasteiger partial charge on any atom is -0.480 e. The van der Waals surface area contributed by atoms with Crippen LogP contribution in [0.15, 0.2) is 18.2 Å². The second kappa shape index (κ2) is 6.07. The molecule has 1 aromatic carbocycles. The van der Waals surface area contributed by atoms with E-state index >= 15 is 0 Å². The van der Waals surface area contributed by atoms with Gasteiger partial charge in [0.1, 0.15) is 23.4 Å². The van der Waals surface area contributed by atoms with Crippen molar-refractivity contribution in [3.8, 4) is 0 Å². The lowest BCUT2D eigenvalue weighted by atomic mass is 9.93. The maximum atomic E-state index is 13.5. The van der Waals surface area contributed by atoms with Crippen molar-refractivity contribution in [1.29, 1.82) is 0 Å². The molecule has 1 heterocycles. The van der Waals surface area contributed by atoms with Crippen molar-refractivity contribution in [2.75, 3.05) is 11.9 Å². The maximum Gasteiger partial charge on any atom is 0.326 e. The van der Waals surface area contributed by atoms with Crippen LogP contribution in [0.1, 0.15) is 19.8 Å². The van der Waals surface area contributed by atoms with Crippen LogP contribution in [-0.4, -0.2) is 34.6 Å². The van der Waals surface area contributed by atoms with Crippen LogP contribution < -0.4 is 5.32 Å². The summed E-state index contributed by atoms with van der Waals surface area (Å²) in [5.74, 6) is -2.74. The summed E-state index contributed by atoms with van der Waals surface area (Å²) in [7, 11) is 0. The molecule has 5 nitrogen and oxygen atoms in total. The topological polar surface area (TPSA) is 69.6 Å². The number of amides is 2. The number of carbonyl (C=O) groups excluding carboxylic acids is 1. The third-order valence-corrected chi connectivity index (χ3v) is 3.61. The average molecular weight is 298 g/mol. The number of likely N-dealkylation sites (tertiary alicyclic amines) is 1. The first kappa shape index (κ1) is 15.2. The normalized spacial score (nSPS) is 22.0. The second-order valence-corrected chi connectivity index (χ2v) is 5.20. The molecule has 0 aromatic heterocycles. The van der Waals surface area contributed by atoms with Crippen LogP contribution in [0.5, 0.6) is 0 Å². The zero-order valence-corrected chi connectivity index (χ0v) is 11.5. The number of halogens is 2. The average Bonchev–Trinajstić information content (AvgIpc) is 2.42. The van der Waals surface area contributed by atoms with Crippen LogP contribution in [0.3, 0.4) is 0 Å². The minimum absolute atomic E-state index is 0.181. The van der Waals surface area contributed by atoms with Gasteiger partial charge in [-0.2, -0.15) is 0 Å². The SMILES string of the molecule is CC1CCN(C(=O)Nc2c(F)cccc2F)C(C(=O)O)C1. The molecule has 2 N–H and O–H groups in total. The van der Waals surface area contributed by atoms with Crippen molar-refractivity contribution in [2.45, 2.75) is 25.8 Å². The second-order valence-electron chi connectivity index (χ2n) is 5.20. The van der Waals surface area contributed by atoms with Gasteiger partial charge < -0.3 is 15.3 Å². The molecule has 1 aliphatic rings. The molecule has 0 saturated carbocycles. The van der Waals surface area contributed by atoms with E-state index in [0.29, 0.717) is 12.8 Å². The Kier molecular flexibility index (Phi) is 4.40. The summed E-state index contributed by atoms with van der Waals surface area (Å²) in [5.41, 5.74) is -0.565. The number of nitrogens with zero attached hydrogens (tertiary/aromatic N) is 1. The lowest BCUT2D eigenvalue weighted by Crippen LogP contribution is -2.51. The highest BCUT2D eigenvalue weighted by Gasteiger charge is 2.35. The molecule has 0 spiro atoms. The Morgan fingerprint density at radius 3 is 2.52 bits per heavy atom. The van der Waals surface area contributed by atoms with Crippen molar-refractivity contribution in [3.05, 3.63) is 29.8 Å². The number of piperidine rings is 1. The molecule has 7 heteroatoms. The van der Waals surface area contributed by atoms with E-state index in [4.69, 9.17) is 0 Å². The molecule has 0 radical (unpaired) electrons. The summed E-state index contributed by atoms with van der Waals surface area (Å²) in [6.07, 6.45) is 0.972. The Bertz CT molecular complexity index is 545. The van der Waals surface area contributed by atoms with Gasteiger partial charge in [0, 0.05) is 6.54 Å². The lowest BCUT2D eigenvalue weighted by molar-refractivity contribution is -0.143. The summed E-state index contributed by atoms with van der Waals surface area (Å²) in [6.45, 7) is 2.14. The fourth-order valence-corrected chi connectivity index (χ4v) is 2.41. The van der Waals surface area contributed by atoms with Crippen LogP contribution in [0.4, 0.5) is 19.3 Å². The molecule has 2 atom stereocenters. The number of para-hydroxylation sites is 1. The first-order chi connectivity index (χ1) is 9.90. The van der Waals surface area contributed by atoms with Gasteiger partial charge in [-0.1, -0.05) is 13.0 Å². The van der Waals surface area contributed by atoms with E-state index < -0.39 is 35.4 Å². The summed E-state index contributed by atoms with van der Waals surface area (Å²) in [6, 6.07) is 1.43. The van der Waals surface area contributed by atoms with Crippen LogP contribution in [0.2, 0.25) is 0 Å². The number of carboxylic acid groups (broad SMARTS) is 1. The van der Waals surface area contributed by atoms with Crippen molar-refractivity contribution in [3.63, 3.8) is 0 Å². The zero-order valence-electron chi connectivity index (χ0n) is 11.5. The first-order valence-electron chi connectivity index (χ1n) is 6.64. The number of aliphatic carboxylic acids is 1. The van der Waals surface area contributed by atoms with E-state index in [1.54, 1.807) is 0 Å². The Balaban J connectivity index is 2.17. The highest BCUT2D eigenvalue weighted by atomic mass is 19.1. The molecule has 1 aliphatic heterocycles. The van der Waals surface area contributed by atoms with Crippen LogP contribution >= 0.6 is 0 Å². The number of hydrogen-bond acceptors (Lipinski definition) is 2. The maximum absolute atomic E-state index is 13.5. The van der Waals surface area contributed by atoms with Crippen LogP contribution in [-0.2, 0) is 4.79 Å². The van der Waals surface area contributed by atoms with E-state index in [1.807, 2.05) is 6.92 Å². The van der Waals surface area contributed by atoms with Gasteiger partial charge in [-0.25, -0.2) is 18.4 Å². The quantitative estimate of drug-likeness (QED) is 0.882. The monoisotopic (exact) mass is 298 g/mol. The van der Waals surface area contributed by atoms with Crippen LogP contribution in [0, 0.1) is 17.6 Å². The van der Waals surface area contributed by atoms with E-state index in [9.17, 15) is 23.5 Å². The highest BCUT2D eigenvalue weighted by molar-refractivity contribution is 5.92. The fourth-order valence-electron chi connectivity index (χ4n) is 2.41. The van der Waals surface area contributed by atoms with Crippen LogP contribution in [0.25, 0.3) is 0 Å². The molecule has 1 saturated heterocycles. The van der Waals surface area contributed by atoms with E-state index in [0.717, 1.165) is 17.0 Å². The van der Waals surface area contributed by atoms with Gasteiger partial charge in [-0.15, -0.1) is 0 Å². The number of nitrogens with one attached hydrogen (secondary N) is 1. The van der Waals surface area contributed by atoms with Gasteiger partial charge in [0.25, 0.3) is 0 Å². The molecule has 21 heavy (non-hydrogen) atoms. The molecule has 2 rings (SSSR count). The highest BCUT2D eigenvalue weighted by Crippen LogP contribution is 2.25. The van der Waals surface area contributed by atoms with Gasteiger partial charge in [0.2, 0.25) is 0 Å². The van der Waals surface area contributed by atoms with E-state index in [1.165, 1.54) is 6.07 Å². The predicted molar refractivity (Wildman–Crippen MR) is 71.9 cm³/mol. The van der Waals surface area contributed by atoms with E-state index in [-0.39, 0.29) is 12.5 Å². The largest absolute Gasteiger partial charge is 0.480 e. The summed E-state index contributed by atoms with van der Waals surface area (Å²) >= 11 is 0. The van der Waals surface area contributed by atoms with E-state index in [2.05, 4.69) is 5.32 Å². The zero-order chi connectivity index (χ0) is 15.6. The number of benzene rings is 1. The summed E-state index contributed by atoms with van der Waals surface area (Å²) < 4.78 is 27.0. The lowest BCUT2D eigenvalue weighted by Gasteiger charge is -2.35. The molecule has 1 aromatic rings. The Morgan fingerprint density at radius 2 is 1.95 bits per heavy atom. The first-order valence-corrected chi connectivity index (χ1v) is 6.64. The number of hydrogen-bond donors (Lipinski definition) is 2. The van der Waals surface area contributed by atoms with Crippen molar-refractivity contribution in [2.24, 2.45) is 5.92 Å². The van der Waals surface area contributed by atoms with Crippen molar-refractivity contribution in [1.82, 2.24) is 4.90 Å². The predicted octanol–water partition coefficient (Wildman–Crippen LogP) is 2.68. The molecular formula is C14H16F2N2O3. The fraction of sp³-hybridized carbons (Fsp3) is 0.429. The molecule has 114 valence electrons. The molecule has 0 bridgehead atoms. The molecule has 0 aliphatic carbocycles. The number of urea groups is 1. The molecule has 2 unspecified atom stereocenters. The molecular weight excluding hydrogens is 282 g/mol. The minimum atomic E-state index is -1.12. The van der Waals surface area contributed by atoms with Gasteiger partial charge in [-0.05, 0) is 30.9 Å². The number of rotatable bonds is 2. The van der Waals surface area contributed by atoms with Gasteiger partial charge in [0.05, 0.1) is 0 Å². The standard InChI is InChI=1S/C14H16F2N2O3/c1-8-5-6-18(11(7-8)13(19)20)14(21)17-12-9(15)3-2-4-10(12)16/h2-4,8,11H,5-7H2,1H3,(H,17,21)(H,19,20). The van der Waals surface area contributed by atoms with Gasteiger partial charge in [0.15, 0.2) is 0 Å². The Labute approximate surface area is 120 Å². The Morgan fingerprint density at radius 1 is 1.33 bits per heavy atom. The smallest absolute Gasteiger partial charge is 0.326 e. The van der Waals surface area contributed by atoms with Gasteiger partial charge in [-0.3, -0.25) is 0 Å². The molecule has 1 fully saturated rings. The third-order valence-electron chi connectivity index (χ3n) is 3.61. The summed E-state index contributed by atoms with van der Waals surface area (Å²) in [4.78, 5) is 24.4. The Hall–Kier alpha value is -2.18. The molecule has 2 amide bonds. The van der Waals surface area contributed by atoms with Crippen molar-refractivity contribution < 1.29 is 23.5 Å². The summed E-state index contributed by atoms with van der Waals surface area (Å²) in [5, 5.41) is 11.3. The van der Waals surface area contributed by atoms with Gasteiger partial charge >= 0.3 is 12.0 Å². The number of carboxylic acids is 1. The number of carbonyl (C=O) groups is 2. The van der Waals surface area contributed by atoms with Crippen molar-refractivity contribution >= 4 is 17.7 Å².